The topological polar surface area (TPSA) is 84.9 Å². The average molecular weight is 307 g/mol. The first kappa shape index (κ1) is 16.1. The molecule has 2 rings (SSSR count). The van der Waals surface area contributed by atoms with E-state index < -0.39 is 23.7 Å². The fourth-order valence-electron chi connectivity index (χ4n) is 2.48. The molecule has 0 saturated carbocycles. The van der Waals surface area contributed by atoms with Crippen LogP contribution in [0.4, 0.5) is 4.79 Å². The van der Waals surface area contributed by atoms with Crippen LogP contribution < -0.4 is 10.1 Å². The molecule has 0 saturated heterocycles. The number of benzene rings is 1. The van der Waals surface area contributed by atoms with E-state index in [1.807, 2.05) is 18.2 Å². The Labute approximate surface area is 129 Å². The normalized spacial score (nSPS) is 18.6. The Morgan fingerprint density at radius 1 is 1.36 bits per heavy atom. The van der Waals surface area contributed by atoms with Crippen molar-refractivity contribution in [3.63, 3.8) is 0 Å². The second-order valence-corrected chi connectivity index (χ2v) is 6.24. The maximum Gasteiger partial charge on any atom is 0.408 e. The summed E-state index contributed by atoms with van der Waals surface area (Å²) in [4.78, 5) is 23.5. The quantitative estimate of drug-likeness (QED) is 0.896. The molecule has 1 aromatic carbocycles. The van der Waals surface area contributed by atoms with E-state index in [4.69, 9.17) is 9.47 Å². The Balaban J connectivity index is 2.19. The van der Waals surface area contributed by atoms with E-state index in [1.54, 1.807) is 26.8 Å². The van der Waals surface area contributed by atoms with E-state index in [9.17, 15) is 14.7 Å². The van der Waals surface area contributed by atoms with Crippen molar-refractivity contribution in [3.8, 4) is 5.75 Å². The number of carboxylic acid groups (broad SMARTS) is 1. The van der Waals surface area contributed by atoms with Crippen molar-refractivity contribution in [1.82, 2.24) is 5.32 Å². The van der Waals surface area contributed by atoms with Crippen LogP contribution in [0, 0.1) is 0 Å². The summed E-state index contributed by atoms with van der Waals surface area (Å²) in [5, 5.41) is 12.0. The molecule has 1 heterocycles. The van der Waals surface area contributed by atoms with Crippen molar-refractivity contribution < 1.29 is 24.2 Å². The van der Waals surface area contributed by atoms with Gasteiger partial charge in [0, 0.05) is 5.92 Å². The number of nitrogens with one attached hydrogen (secondary N) is 1. The minimum absolute atomic E-state index is 0.352. The molecule has 1 aliphatic heterocycles. The molecule has 120 valence electrons. The maximum absolute atomic E-state index is 11.9. The SMILES string of the molecule is CC(C)(C)OC(=O)N[C@@H](C(=O)O)C1CCOc2ccccc21. The van der Waals surface area contributed by atoms with Gasteiger partial charge in [0.15, 0.2) is 0 Å². The Bertz CT molecular complexity index is 564. The van der Waals surface area contributed by atoms with Gasteiger partial charge in [-0.25, -0.2) is 9.59 Å². The lowest BCUT2D eigenvalue weighted by Gasteiger charge is -2.31. The number of hydrogen-bond acceptors (Lipinski definition) is 4. The minimum atomic E-state index is -1.09. The first-order chi connectivity index (χ1) is 10.3. The van der Waals surface area contributed by atoms with Crippen LogP contribution in [0.15, 0.2) is 24.3 Å². The predicted molar refractivity (Wildman–Crippen MR) is 80.1 cm³/mol. The number of rotatable bonds is 3. The molecule has 0 fully saturated rings. The smallest absolute Gasteiger partial charge is 0.408 e. The van der Waals surface area contributed by atoms with E-state index in [0.29, 0.717) is 18.8 Å². The summed E-state index contributed by atoms with van der Waals surface area (Å²) in [7, 11) is 0. The molecule has 1 unspecified atom stereocenters. The van der Waals surface area contributed by atoms with Gasteiger partial charge in [0.2, 0.25) is 0 Å². The standard InChI is InChI=1S/C16H21NO5/c1-16(2,3)22-15(20)17-13(14(18)19)11-8-9-21-12-7-5-4-6-10(11)12/h4-7,11,13H,8-9H2,1-3H3,(H,17,20)(H,18,19)/t11?,13-/m1/s1. The summed E-state index contributed by atoms with van der Waals surface area (Å²) in [6.45, 7) is 5.60. The van der Waals surface area contributed by atoms with Crippen LogP contribution in [-0.4, -0.2) is 35.4 Å². The molecule has 2 atom stereocenters. The highest BCUT2D eigenvalue weighted by Gasteiger charge is 2.35. The van der Waals surface area contributed by atoms with E-state index in [1.165, 1.54) is 0 Å². The molecule has 0 radical (unpaired) electrons. The molecule has 1 amide bonds. The fraction of sp³-hybridized carbons (Fsp3) is 0.500. The molecule has 1 aromatic rings. The van der Waals surface area contributed by atoms with Gasteiger partial charge in [-0.05, 0) is 38.8 Å². The van der Waals surface area contributed by atoms with Gasteiger partial charge in [-0.3, -0.25) is 0 Å². The Morgan fingerprint density at radius 2 is 2.05 bits per heavy atom. The molecule has 0 spiro atoms. The number of ether oxygens (including phenoxy) is 2. The lowest BCUT2D eigenvalue weighted by Crippen LogP contribution is -2.47. The number of aliphatic carboxylic acids is 1. The van der Waals surface area contributed by atoms with Crippen LogP contribution in [0.5, 0.6) is 5.75 Å². The lowest BCUT2D eigenvalue weighted by atomic mass is 9.86. The summed E-state index contributed by atoms with van der Waals surface area (Å²) in [6, 6.07) is 6.23. The van der Waals surface area contributed by atoms with E-state index in [-0.39, 0.29) is 5.92 Å². The third-order valence-electron chi connectivity index (χ3n) is 3.35. The predicted octanol–water partition coefficient (Wildman–Crippen LogP) is 2.53. The summed E-state index contributed by atoms with van der Waals surface area (Å²) in [5.41, 5.74) is 0.109. The molecule has 0 aliphatic carbocycles. The third kappa shape index (κ3) is 3.90. The largest absolute Gasteiger partial charge is 0.493 e. The highest BCUT2D eigenvalue weighted by Crippen LogP contribution is 2.35. The lowest BCUT2D eigenvalue weighted by molar-refractivity contribution is -0.140. The molecular weight excluding hydrogens is 286 g/mol. The number of amides is 1. The first-order valence-corrected chi connectivity index (χ1v) is 7.22. The number of fused-ring (bicyclic) bond motifs is 1. The highest BCUT2D eigenvalue weighted by molar-refractivity contribution is 5.81. The molecular formula is C16H21NO5. The number of carbonyl (C=O) groups is 2. The van der Waals surface area contributed by atoms with Gasteiger partial charge in [0.1, 0.15) is 17.4 Å². The van der Waals surface area contributed by atoms with Gasteiger partial charge >= 0.3 is 12.1 Å². The Kier molecular flexibility index (Phi) is 4.59. The van der Waals surface area contributed by atoms with Crippen LogP contribution in [0.2, 0.25) is 0 Å². The van der Waals surface area contributed by atoms with Crippen molar-refractivity contribution in [3.05, 3.63) is 29.8 Å². The number of carboxylic acids is 1. The third-order valence-corrected chi connectivity index (χ3v) is 3.35. The van der Waals surface area contributed by atoms with Crippen molar-refractivity contribution in [2.45, 2.75) is 44.8 Å². The van der Waals surface area contributed by atoms with E-state index >= 15 is 0 Å². The van der Waals surface area contributed by atoms with Crippen LogP contribution in [0.3, 0.4) is 0 Å². The van der Waals surface area contributed by atoms with Crippen LogP contribution in [0.25, 0.3) is 0 Å². The molecule has 1 aliphatic rings. The van der Waals surface area contributed by atoms with Crippen molar-refractivity contribution in [2.75, 3.05) is 6.61 Å². The molecule has 2 N–H and O–H groups in total. The summed E-state index contributed by atoms with van der Waals surface area (Å²) in [6.07, 6.45) is -0.215. The monoisotopic (exact) mass is 307 g/mol. The zero-order valence-corrected chi connectivity index (χ0v) is 13.0. The molecule has 22 heavy (non-hydrogen) atoms. The van der Waals surface area contributed by atoms with Gasteiger partial charge in [-0.1, -0.05) is 18.2 Å². The molecule has 6 nitrogen and oxygen atoms in total. The Hall–Kier alpha value is -2.24. The number of carbonyl (C=O) groups excluding carboxylic acids is 1. The molecule has 6 heteroatoms. The van der Waals surface area contributed by atoms with Gasteiger partial charge < -0.3 is 19.9 Å². The van der Waals surface area contributed by atoms with Gasteiger partial charge in [0.05, 0.1) is 6.61 Å². The minimum Gasteiger partial charge on any atom is -0.493 e. The van der Waals surface area contributed by atoms with E-state index in [0.717, 1.165) is 5.56 Å². The van der Waals surface area contributed by atoms with Crippen molar-refractivity contribution in [1.29, 1.82) is 0 Å². The number of alkyl carbamates (subject to hydrolysis) is 1. The summed E-state index contributed by atoms with van der Waals surface area (Å²) in [5.74, 6) is -0.779. The van der Waals surface area contributed by atoms with Gasteiger partial charge in [-0.2, -0.15) is 0 Å². The van der Waals surface area contributed by atoms with Gasteiger partial charge in [0.25, 0.3) is 0 Å². The zero-order chi connectivity index (χ0) is 16.3. The molecule has 0 aromatic heterocycles. The van der Waals surface area contributed by atoms with E-state index in [2.05, 4.69) is 5.32 Å². The number of para-hydroxylation sites is 1. The Morgan fingerprint density at radius 3 is 2.68 bits per heavy atom. The zero-order valence-electron chi connectivity index (χ0n) is 13.0. The maximum atomic E-state index is 11.9. The van der Waals surface area contributed by atoms with Crippen LogP contribution in [0.1, 0.15) is 38.7 Å². The van der Waals surface area contributed by atoms with Crippen molar-refractivity contribution in [2.24, 2.45) is 0 Å². The van der Waals surface area contributed by atoms with Crippen LogP contribution in [-0.2, 0) is 9.53 Å². The summed E-state index contributed by atoms with van der Waals surface area (Å²) < 4.78 is 10.7. The fourth-order valence-corrected chi connectivity index (χ4v) is 2.48. The first-order valence-electron chi connectivity index (χ1n) is 7.22. The highest BCUT2D eigenvalue weighted by atomic mass is 16.6. The molecule has 0 bridgehead atoms. The number of hydrogen-bond donors (Lipinski definition) is 2. The second kappa shape index (κ2) is 6.25. The average Bonchev–Trinajstić information content (AvgIpc) is 2.42. The second-order valence-electron chi connectivity index (χ2n) is 6.24. The van der Waals surface area contributed by atoms with Crippen molar-refractivity contribution >= 4 is 12.1 Å². The van der Waals surface area contributed by atoms with Gasteiger partial charge in [-0.15, -0.1) is 0 Å². The summed E-state index contributed by atoms with van der Waals surface area (Å²) >= 11 is 0. The van der Waals surface area contributed by atoms with Crippen LogP contribution >= 0.6 is 0 Å².